The molecule has 0 bridgehead atoms. The largest absolute Gasteiger partial charge is 0.352 e. The Kier molecular flexibility index (Phi) is 5.91. The Balaban J connectivity index is 1.36. The van der Waals surface area contributed by atoms with E-state index in [1.165, 1.54) is 24.8 Å². The summed E-state index contributed by atoms with van der Waals surface area (Å²) < 4.78 is 0. The molecule has 36 heavy (non-hydrogen) atoms. The second kappa shape index (κ2) is 9.24. The van der Waals surface area contributed by atoms with E-state index in [1.54, 1.807) is 6.08 Å². The molecular weight excluding hydrogens is 444 g/mol. The molecule has 5 heteroatoms. The van der Waals surface area contributed by atoms with Gasteiger partial charge in [0.2, 0.25) is 5.91 Å². The quantitative estimate of drug-likeness (QED) is 0.407. The van der Waals surface area contributed by atoms with Crippen molar-refractivity contribution in [3.8, 4) is 23.5 Å². The second-order valence-corrected chi connectivity index (χ2v) is 10.8. The molecule has 3 heterocycles. The van der Waals surface area contributed by atoms with Crippen LogP contribution in [0.4, 0.5) is 5.82 Å². The molecule has 1 saturated heterocycles. The van der Waals surface area contributed by atoms with Gasteiger partial charge in [-0.3, -0.25) is 9.78 Å². The van der Waals surface area contributed by atoms with E-state index in [1.807, 2.05) is 18.3 Å². The van der Waals surface area contributed by atoms with Crippen molar-refractivity contribution in [3.05, 3.63) is 59.1 Å². The van der Waals surface area contributed by atoms with Gasteiger partial charge in [-0.25, -0.2) is 4.98 Å². The predicted octanol–water partition coefficient (Wildman–Crippen LogP) is 5.49. The van der Waals surface area contributed by atoms with Gasteiger partial charge in [-0.1, -0.05) is 18.1 Å². The SMILES string of the molecule is C#Cc1c(N2CCN(C(=O)C=C3CCC3)C(C3CC3)C2)nc(C2CC2)c(-c2ccnc(C=C)c2)c1C. The molecule has 1 aliphatic heterocycles. The Morgan fingerprint density at radius 2 is 2.03 bits per heavy atom. The number of nitrogens with zero attached hydrogens (tertiary/aromatic N) is 4. The first-order valence-corrected chi connectivity index (χ1v) is 13.4. The predicted molar refractivity (Wildman–Crippen MR) is 145 cm³/mol. The average molecular weight is 479 g/mol. The summed E-state index contributed by atoms with van der Waals surface area (Å²) in [5.41, 5.74) is 7.55. The molecule has 6 rings (SSSR count). The van der Waals surface area contributed by atoms with Crippen LogP contribution in [0.2, 0.25) is 0 Å². The minimum atomic E-state index is 0.201. The van der Waals surface area contributed by atoms with Gasteiger partial charge in [0, 0.05) is 43.4 Å². The van der Waals surface area contributed by atoms with E-state index in [0.717, 1.165) is 84.8 Å². The Labute approximate surface area is 214 Å². The molecule has 3 saturated carbocycles. The van der Waals surface area contributed by atoms with Crippen molar-refractivity contribution in [2.24, 2.45) is 5.92 Å². The number of terminal acetylenes is 1. The van der Waals surface area contributed by atoms with E-state index in [9.17, 15) is 4.79 Å². The summed E-state index contributed by atoms with van der Waals surface area (Å²) in [6.07, 6.45) is 19.8. The van der Waals surface area contributed by atoms with Crippen molar-refractivity contribution in [3.63, 3.8) is 0 Å². The molecule has 3 aliphatic carbocycles. The van der Waals surface area contributed by atoms with Gasteiger partial charge >= 0.3 is 0 Å². The van der Waals surface area contributed by atoms with Crippen LogP contribution in [0.25, 0.3) is 17.2 Å². The molecule has 0 N–H and O–H groups in total. The summed E-state index contributed by atoms with van der Waals surface area (Å²) in [4.78, 5) is 27.3. The summed E-state index contributed by atoms with van der Waals surface area (Å²) >= 11 is 0. The van der Waals surface area contributed by atoms with Crippen LogP contribution in [0.5, 0.6) is 0 Å². The highest BCUT2D eigenvalue weighted by atomic mass is 16.2. The maximum absolute atomic E-state index is 13.1. The smallest absolute Gasteiger partial charge is 0.246 e. The highest BCUT2D eigenvalue weighted by Gasteiger charge is 2.42. The fraction of sp³-hybridized carbons (Fsp3) is 0.452. The van der Waals surface area contributed by atoms with Crippen molar-refractivity contribution in [2.45, 2.75) is 63.8 Å². The highest BCUT2D eigenvalue weighted by Crippen LogP contribution is 2.47. The first kappa shape index (κ1) is 23.0. The first-order valence-electron chi connectivity index (χ1n) is 13.4. The Bertz CT molecular complexity index is 1290. The Morgan fingerprint density at radius 3 is 2.67 bits per heavy atom. The number of hydrogen-bond donors (Lipinski definition) is 0. The number of amides is 1. The van der Waals surface area contributed by atoms with E-state index in [4.69, 9.17) is 11.4 Å². The lowest BCUT2D eigenvalue weighted by molar-refractivity contribution is -0.129. The van der Waals surface area contributed by atoms with E-state index in [0.29, 0.717) is 11.8 Å². The van der Waals surface area contributed by atoms with E-state index < -0.39 is 0 Å². The first-order chi connectivity index (χ1) is 17.6. The van der Waals surface area contributed by atoms with E-state index in [-0.39, 0.29) is 11.9 Å². The number of pyridine rings is 2. The van der Waals surface area contributed by atoms with Gasteiger partial charge in [0.05, 0.1) is 23.0 Å². The summed E-state index contributed by atoms with van der Waals surface area (Å²) in [6, 6.07) is 4.36. The number of piperazine rings is 1. The fourth-order valence-corrected chi connectivity index (χ4v) is 5.79. The molecule has 4 aliphatic rings. The average Bonchev–Trinajstić information content (AvgIpc) is 3.78. The minimum Gasteiger partial charge on any atom is -0.352 e. The van der Waals surface area contributed by atoms with Gasteiger partial charge < -0.3 is 9.80 Å². The van der Waals surface area contributed by atoms with Crippen molar-refractivity contribution in [1.82, 2.24) is 14.9 Å². The van der Waals surface area contributed by atoms with Crippen LogP contribution >= 0.6 is 0 Å². The van der Waals surface area contributed by atoms with Crippen LogP contribution in [0.3, 0.4) is 0 Å². The van der Waals surface area contributed by atoms with Crippen molar-refractivity contribution >= 4 is 17.8 Å². The third kappa shape index (κ3) is 4.23. The Morgan fingerprint density at radius 1 is 1.22 bits per heavy atom. The number of aromatic nitrogens is 2. The normalized spacial score (nSPS) is 21.6. The standard InChI is InChI=1S/C31H34N4O/c1-4-25-18-24(13-14-32-25)29-20(3)26(5-2)31(33-30(29)23-11-12-23)34-15-16-35(27(19-34)22-9-10-22)28(36)17-21-7-6-8-21/h2,4,13-14,17-18,22-23,27H,1,6-12,15-16,19H2,3H3. The third-order valence-electron chi connectivity index (χ3n) is 8.33. The van der Waals surface area contributed by atoms with Gasteiger partial charge in [0.25, 0.3) is 0 Å². The molecule has 0 radical (unpaired) electrons. The molecule has 4 fully saturated rings. The molecule has 0 aromatic carbocycles. The number of carbonyl (C=O) groups excluding carboxylic acids is 1. The fourth-order valence-electron chi connectivity index (χ4n) is 5.79. The van der Waals surface area contributed by atoms with Crippen LogP contribution < -0.4 is 4.90 Å². The second-order valence-electron chi connectivity index (χ2n) is 10.8. The molecule has 0 spiro atoms. The van der Waals surface area contributed by atoms with Crippen LogP contribution in [0, 0.1) is 25.2 Å². The molecule has 2 aromatic heterocycles. The van der Waals surface area contributed by atoms with Gasteiger partial charge in [-0.15, -0.1) is 6.42 Å². The third-order valence-corrected chi connectivity index (χ3v) is 8.33. The maximum Gasteiger partial charge on any atom is 0.246 e. The zero-order valence-corrected chi connectivity index (χ0v) is 21.2. The number of hydrogen-bond acceptors (Lipinski definition) is 4. The van der Waals surface area contributed by atoms with Crippen molar-refractivity contribution < 1.29 is 4.79 Å². The van der Waals surface area contributed by atoms with Crippen LogP contribution in [0.1, 0.15) is 73.4 Å². The topological polar surface area (TPSA) is 49.3 Å². The molecule has 5 nitrogen and oxygen atoms in total. The number of carbonyl (C=O) groups is 1. The molecule has 184 valence electrons. The van der Waals surface area contributed by atoms with Crippen LogP contribution in [-0.2, 0) is 4.79 Å². The maximum atomic E-state index is 13.1. The number of rotatable bonds is 6. The zero-order valence-electron chi connectivity index (χ0n) is 21.2. The Hall–Kier alpha value is -3.39. The van der Waals surface area contributed by atoms with Crippen LogP contribution in [-0.4, -0.2) is 46.5 Å². The molecular formula is C31H34N4O. The zero-order chi connectivity index (χ0) is 24.8. The van der Waals surface area contributed by atoms with Gasteiger partial charge in [-0.2, -0.15) is 0 Å². The number of allylic oxidation sites excluding steroid dienone is 1. The van der Waals surface area contributed by atoms with Gasteiger partial charge in [0.15, 0.2) is 0 Å². The highest BCUT2D eigenvalue weighted by molar-refractivity contribution is 5.89. The lowest BCUT2D eigenvalue weighted by Gasteiger charge is -2.42. The van der Waals surface area contributed by atoms with Gasteiger partial charge in [0.1, 0.15) is 5.82 Å². The number of anilines is 1. The van der Waals surface area contributed by atoms with E-state index in [2.05, 4.69) is 40.3 Å². The molecule has 1 amide bonds. The minimum absolute atomic E-state index is 0.201. The summed E-state index contributed by atoms with van der Waals surface area (Å²) in [5, 5.41) is 0. The summed E-state index contributed by atoms with van der Waals surface area (Å²) in [7, 11) is 0. The molecule has 1 atom stereocenters. The van der Waals surface area contributed by atoms with Crippen molar-refractivity contribution in [1.29, 1.82) is 0 Å². The van der Waals surface area contributed by atoms with Gasteiger partial charge in [-0.05, 0) is 87.1 Å². The molecule has 2 aromatic rings. The summed E-state index contributed by atoms with van der Waals surface area (Å²) in [5.74, 6) is 5.18. The monoisotopic (exact) mass is 478 g/mol. The van der Waals surface area contributed by atoms with Crippen molar-refractivity contribution in [2.75, 3.05) is 24.5 Å². The summed E-state index contributed by atoms with van der Waals surface area (Å²) in [6.45, 7) is 8.32. The van der Waals surface area contributed by atoms with Crippen LogP contribution in [0.15, 0.2) is 36.6 Å². The lowest BCUT2D eigenvalue weighted by Crippen LogP contribution is -2.56. The molecule has 1 unspecified atom stereocenters. The van der Waals surface area contributed by atoms with E-state index >= 15 is 0 Å². The lowest BCUT2D eigenvalue weighted by atomic mass is 9.91.